The van der Waals surface area contributed by atoms with Gasteiger partial charge in [0.25, 0.3) is 0 Å². The fourth-order valence-electron chi connectivity index (χ4n) is 3.04. The summed E-state index contributed by atoms with van der Waals surface area (Å²) in [6.45, 7) is 15.8. The molecule has 0 radical (unpaired) electrons. The second-order valence-corrected chi connectivity index (χ2v) is 6.88. The molecule has 1 nitrogen and oxygen atoms in total. The van der Waals surface area contributed by atoms with Crippen LogP contribution in [0.4, 0.5) is 0 Å². The van der Waals surface area contributed by atoms with Crippen LogP contribution < -0.4 is 0 Å². The summed E-state index contributed by atoms with van der Waals surface area (Å²) < 4.78 is 0. The Kier molecular flexibility index (Phi) is 3.63. The lowest BCUT2D eigenvalue weighted by atomic mass is 9.76. The van der Waals surface area contributed by atoms with E-state index < -0.39 is 0 Å². The molecule has 1 heteroatoms. The third-order valence-electron chi connectivity index (χ3n) is 2.86. The zero-order valence-corrected chi connectivity index (χ0v) is 10.7. The number of nitrogens with zero attached hydrogens (tertiary/aromatic N) is 1. The Hall–Kier alpha value is -0.0400. The third-order valence-corrected chi connectivity index (χ3v) is 2.86. The van der Waals surface area contributed by atoms with Crippen molar-refractivity contribution in [3.8, 4) is 0 Å². The lowest BCUT2D eigenvalue weighted by Crippen LogP contribution is -2.34. The molecule has 0 aromatic carbocycles. The summed E-state index contributed by atoms with van der Waals surface area (Å²) in [5, 5.41) is 0. The first-order valence-corrected chi connectivity index (χ1v) is 6.01. The summed E-state index contributed by atoms with van der Waals surface area (Å²) in [5.41, 5.74) is 0.936. The summed E-state index contributed by atoms with van der Waals surface area (Å²) in [6, 6.07) is 0. The predicted molar refractivity (Wildman–Crippen MR) is 63.5 cm³/mol. The molecule has 1 heterocycles. The number of hydrogen-bond acceptors (Lipinski definition) is 1. The van der Waals surface area contributed by atoms with Crippen LogP contribution in [-0.4, -0.2) is 24.5 Å². The summed E-state index contributed by atoms with van der Waals surface area (Å²) in [5.74, 6) is 0. The second kappa shape index (κ2) is 4.22. The molecule has 0 saturated carbocycles. The van der Waals surface area contributed by atoms with Gasteiger partial charge in [0, 0.05) is 6.54 Å². The van der Waals surface area contributed by atoms with Crippen LogP contribution in [0.1, 0.15) is 53.9 Å². The zero-order valence-electron chi connectivity index (χ0n) is 10.7. The maximum Gasteiger partial charge on any atom is 0.00329 e. The molecule has 0 unspecified atom stereocenters. The maximum absolute atomic E-state index is 2.63. The molecule has 0 atom stereocenters. The van der Waals surface area contributed by atoms with Crippen molar-refractivity contribution in [2.45, 2.75) is 53.9 Å². The van der Waals surface area contributed by atoms with Crippen LogP contribution in [0.3, 0.4) is 0 Å². The molecule has 0 aromatic rings. The fourth-order valence-corrected chi connectivity index (χ4v) is 3.04. The van der Waals surface area contributed by atoms with Gasteiger partial charge in [-0.15, -0.1) is 0 Å². The van der Waals surface area contributed by atoms with Crippen LogP contribution in [0.5, 0.6) is 0 Å². The van der Waals surface area contributed by atoms with Crippen molar-refractivity contribution in [2.75, 3.05) is 19.6 Å². The predicted octanol–water partition coefficient (Wildman–Crippen LogP) is 3.54. The van der Waals surface area contributed by atoms with Crippen molar-refractivity contribution in [2.24, 2.45) is 10.8 Å². The van der Waals surface area contributed by atoms with Crippen molar-refractivity contribution < 1.29 is 0 Å². The Bertz CT molecular complexity index is 170. The van der Waals surface area contributed by atoms with Crippen molar-refractivity contribution >= 4 is 0 Å². The topological polar surface area (TPSA) is 3.24 Å². The van der Waals surface area contributed by atoms with Crippen LogP contribution in [0, 0.1) is 10.8 Å². The molecule has 14 heavy (non-hydrogen) atoms. The van der Waals surface area contributed by atoms with Gasteiger partial charge in [-0.25, -0.2) is 0 Å². The van der Waals surface area contributed by atoms with E-state index >= 15 is 0 Å². The van der Waals surface area contributed by atoms with Crippen molar-refractivity contribution in [3.05, 3.63) is 0 Å². The number of likely N-dealkylation sites (tertiary alicyclic amines) is 1. The van der Waals surface area contributed by atoms with Crippen LogP contribution in [0.2, 0.25) is 0 Å². The molecule has 0 aromatic heterocycles. The van der Waals surface area contributed by atoms with E-state index in [2.05, 4.69) is 39.5 Å². The Morgan fingerprint density at radius 2 is 1.43 bits per heavy atom. The van der Waals surface area contributed by atoms with Gasteiger partial charge in [0.05, 0.1) is 0 Å². The zero-order chi connectivity index (χ0) is 10.8. The van der Waals surface area contributed by atoms with E-state index in [1.807, 2.05) is 0 Å². The van der Waals surface area contributed by atoms with Crippen LogP contribution in [-0.2, 0) is 0 Å². The maximum atomic E-state index is 2.63. The SMILES string of the molecule is CC(C)(C)CC(C)(C)CN1CCCC1. The Morgan fingerprint density at radius 1 is 0.929 bits per heavy atom. The highest BCUT2D eigenvalue weighted by atomic mass is 15.1. The highest BCUT2D eigenvalue weighted by Gasteiger charge is 2.28. The summed E-state index contributed by atoms with van der Waals surface area (Å²) in [4.78, 5) is 2.63. The standard InChI is InChI=1S/C13H27N/c1-12(2,3)10-13(4,5)11-14-8-6-7-9-14/h6-11H2,1-5H3. The van der Waals surface area contributed by atoms with Crippen molar-refractivity contribution in [1.82, 2.24) is 4.90 Å². The Morgan fingerprint density at radius 3 is 1.86 bits per heavy atom. The Balaban J connectivity index is 2.40. The average Bonchev–Trinajstić information content (AvgIpc) is 2.31. The van der Waals surface area contributed by atoms with E-state index in [4.69, 9.17) is 0 Å². The minimum Gasteiger partial charge on any atom is -0.303 e. The molecular weight excluding hydrogens is 170 g/mol. The minimum atomic E-state index is 0.462. The molecule has 1 rings (SSSR count). The van der Waals surface area contributed by atoms with E-state index in [-0.39, 0.29) is 0 Å². The van der Waals surface area contributed by atoms with Gasteiger partial charge < -0.3 is 4.90 Å². The molecule has 0 spiro atoms. The van der Waals surface area contributed by atoms with Gasteiger partial charge in [0.2, 0.25) is 0 Å². The van der Waals surface area contributed by atoms with Gasteiger partial charge in [-0.2, -0.15) is 0 Å². The molecule has 84 valence electrons. The monoisotopic (exact) mass is 197 g/mol. The van der Waals surface area contributed by atoms with Gasteiger partial charge in [-0.1, -0.05) is 34.6 Å². The van der Waals surface area contributed by atoms with Crippen molar-refractivity contribution in [1.29, 1.82) is 0 Å². The smallest absolute Gasteiger partial charge is 0.00329 e. The number of hydrogen-bond donors (Lipinski definition) is 0. The second-order valence-electron chi connectivity index (χ2n) is 6.88. The first-order chi connectivity index (χ1) is 6.29. The summed E-state index contributed by atoms with van der Waals surface area (Å²) in [7, 11) is 0. The van der Waals surface area contributed by atoms with E-state index in [1.54, 1.807) is 0 Å². The quantitative estimate of drug-likeness (QED) is 0.669. The van der Waals surface area contributed by atoms with Gasteiger partial charge in [0.15, 0.2) is 0 Å². The fraction of sp³-hybridized carbons (Fsp3) is 1.00. The molecule has 1 aliphatic heterocycles. The lowest BCUT2D eigenvalue weighted by Gasteiger charge is -2.35. The molecule has 0 bridgehead atoms. The first-order valence-electron chi connectivity index (χ1n) is 6.01. The number of rotatable bonds is 3. The first kappa shape index (κ1) is 12.0. The molecule has 0 N–H and O–H groups in total. The highest BCUT2D eigenvalue weighted by molar-refractivity contribution is 4.81. The van der Waals surface area contributed by atoms with E-state index in [9.17, 15) is 0 Å². The summed E-state index contributed by atoms with van der Waals surface area (Å²) >= 11 is 0. The van der Waals surface area contributed by atoms with Gasteiger partial charge in [-0.05, 0) is 43.2 Å². The van der Waals surface area contributed by atoms with Gasteiger partial charge in [-0.3, -0.25) is 0 Å². The van der Waals surface area contributed by atoms with Gasteiger partial charge >= 0.3 is 0 Å². The third kappa shape index (κ3) is 4.45. The molecule has 1 fully saturated rings. The highest BCUT2D eigenvalue weighted by Crippen LogP contribution is 2.34. The molecule has 1 saturated heterocycles. The van der Waals surface area contributed by atoms with Crippen molar-refractivity contribution in [3.63, 3.8) is 0 Å². The van der Waals surface area contributed by atoms with Gasteiger partial charge in [0.1, 0.15) is 0 Å². The Labute approximate surface area is 89.9 Å². The van der Waals surface area contributed by atoms with Crippen LogP contribution in [0.25, 0.3) is 0 Å². The largest absolute Gasteiger partial charge is 0.303 e. The molecular formula is C13H27N. The van der Waals surface area contributed by atoms with Crippen LogP contribution in [0.15, 0.2) is 0 Å². The van der Waals surface area contributed by atoms with E-state index in [0.717, 1.165) is 0 Å². The average molecular weight is 197 g/mol. The van der Waals surface area contributed by atoms with E-state index in [0.29, 0.717) is 10.8 Å². The normalized spacial score (nSPS) is 20.4. The van der Waals surface area contributed by atoms with E-state index in [1.165, 1.54) is 38.9 Å². The minimum absolute atomic E-state index is 0.462. The summed E-state index contributed by atoms with van der Waals surface area (Å²) in [6.07, 6.45) is 4.13. The molecule has 0 amide bonds. The molecule has 0 aliphatic carbocycles. The lowest BCUT2D eigenvalue weighted by molar-refractivity contribution is 0.146. The van der Waals surface area contributed by atoms with Crippen LogP contribution >= 0.6 is 0 Å². The molecule has 1 aliphatic rings.